The molecular formula is C12H14N4O2S3. The minimum Gasteiger partial charge on any atom is -0.371 e. The van der Waals surface area contributed by atoms with Gasteiger partial charge in [-0.05, 0) is 17.9 Å². The number of nitrogens with one attached hydrogen (secondary N) is 2. The largest absolute Gasteiger partial charge is 0.371 e. The van der Waals surface area contributed by atoms with E-state index in [2.05, 4.69) is 15.0 Å². The van der Waals surface area contributed by atoms with Crippen molar-refractivity contribution >= 4 is 43.5 Å². The summed E-state index contributed by atoms with van der Waals surface area (Å²) in [6, 6.07) is 3.95. The molecule has 0 aliphatic carbocycles. The monoisotopic (exact) mass is 342 g/mol. The molecule has 0 radical (unpaired) electrons. The van der Waals surface area contributed by atoms with Crippen LogP contribution in [0.2, 0.25) is 0 Å². The van der Waals surface area contributed by atoms with Crippen molar-refractivity contribution in [3.63, 3.8) is 0 Å². The second-order valence-corrected chi connectivity index (χ2v) is 7.89. The Morgan fingerprint density at radius 3 is 2.90 bits per heavy atom. The number of rotatable bonds is 6. The van der Waals surface area contributed by atoms with E-state index >= 15 is 0 Å². The first-order chi connectivity index (χ1) is 10.1. The second kappa shape index (κ2) is 5.76. The van der Waals surface area contributed by atoms with Crippen molar-refractivity contribution in [3.05, 3.63) is 34.0 Å². The standard InChI is InChI=1S/C12H14N4O2S3/c1-13-10-11(16-6-8-20-12(16)15-10)21(17,18)14-5-4-9-3-2-7-19-9/h2-3,6-8,13-14H,4-5H2,1H3. The maximum atomic E-state index is 12.5. The number of anilines is 1. The van der Waals surface area contributed by atoms with E-state index in [9.17, 15) is 8.42 Å². The minimum atomic E-state index is -3.61. The number of sulfonamides is 1. The summed E-state index contributed by atoms with van der Waals surface area (Å²) in [7, 11) is -1.95. The average Bonchev–Trinajstić information content (AvgIpc) is 3.13. The first-order valence-electron chi connectivity index (χ1n) is 6.27. The molecule has 21 heavy (non-hydrogen) atoms. The van der Waals surface area contributed by atoms with Gasteiger partial charge < -0.3 is 5.32 Å². The van der Waals surface area contributed by atoms with Crippen LogP contribution in [0.4, 0.5) is 5.82 Å². The summed E-state index contributed by atoms with van der Waals surface area (Å²) < 4.78 is 29.2. The molecule has 0 saturated heterocycles. The quantitative estimate of drug-likeness (QED) is 0.719. The van der Waals surface area contributed by atoms with Crippen molar-refractivity contribution in [2.24, 2.45) is 0 Å². The van der Waals surface area contributed by atoms with E-state index in [1.807, 2.05) is 22.9 Å². The Balaban J connectivity index is 1.84. The van der Waals surface area contributed by atoms with Gasteiger partial charge in [-0.2, -0.15) is 0 Å². The molecule has 0 aliphatic heterocycles. The molecule has 2 N–H and O–H groups in total. The number of thiophene rings is 1. The van der Waals surface area contributed by atoms with Crippen LogP contribution in [0.25, 0.3) is 4.96 Å². The third kappa shape index (κ3) is 2.82. The molecular weight excluding hydrogens is 328 g/mol. The van der Waals surface area contributed by atoms with Crippen LogP contribution in [0, 0.1) is 0 Å². The SMILES string of the molecule is CNc1nc2sccn2c1S(=O)(=O)NCCc1cccs1. The molecule has 3 heterocycles. The van der Waals surface area contributed by atoms with Crippen molar-refractivity contribution in [3.8, 4) is 0 Å². The summed E-state index contributed by atoms with van der Waals surface area (Å²) in [6.07, 6.45) is 2.39. The van der Waals surface area contributed by atoms with Crippen LogP contribution in [-0.4, -0.2) is 31.4 Å². The summed E-state index contributed by atoms with van der Waals surface area (Å²) in [4.78, 5) is 6.07. The summed E-state index contributed by atoms with van der Waals surface area (Å²) >= 11 is 3.02. The normalized spacial score (nSPS) is 12.0. The van der Waals surface area contributed by atoms with E-state index in [4.69, 9.17) is 0 Å². The molecule has 3 aromatic rings. The zero-order valence-electron chi connectivity index (χ0n) is 11.2. The van der Waals surface area contributed by atoms with Gasteiger partial charge in [0.2, 0.25) is 0 Å². The van der Waals surface area contributed by atoms with E-state index in [1.54, 1.807) is 29.0 Å². The molecule has 0 atom stereocenters. The smallest absolute Gasteiger partial charge is 0.260 e. The fourth-order valence-corrected chi connectivity index (χ4v) is 4.81. The lowest BCUT2D eigenvalue weighted by Gasteiger charge is -2.07. The van der Waals surface area contributed by atoms with Gasteiger partial charge in [-0.1, -0.05) is 6.07 Å². The number of imidazole rings is 1. The van der Waals surface area contributed by atoms with Gasteiger partial charge in [-0.15, -0.1) is 22.7 Å². The Labute approximate surface area is 130 Å². The van der Waals surface area contributed by atoms with Crippen LogP contribution in [-0.2, 0) is 16.4 Å². The van der Waals surface area contributed by atoms with E-state index in [1.165, 1.54) is 11.3 Å². The second-order valence-electron chi connectivity index (χ2n) is 4.30. The number of hydrogen-bond acceptors (Lipinski definition) is 6. The van der Waals surface area contributed by atoms with Crippen LogP contribution in [0.5, 0.6) is 0 Å². The molecule has 0 aliphatic rings. The van der Waals surface area contributed by atoms with Crippen molar-refractivity contribution in [2.75, 3.05) is 18.9 Å². The van der Waals surface area contributed by atoms with Crippen molar-refractivity contribution in [1.29, 1.82) is 0 Å². The van der Waals surface area contributed by atoms with Crippen molar-refractivity contribution in [1.82, 2.24) is 14.1 Å². The molecule has 3 aromatic heterocycles. The van der Waals surface area contributed by atoms with E-state index in [0.717, 1.165) is 4.88 Å². The maximum Gasteiger partial charge on any atom is 0.260 e. The first kappa shape index (κ1) is 14.5. The first-order valence-corrected chi connectivity index (χ1v) is 9.51. The van der Waals surface area contributed by atoms with Crippen LogP contribution >= 0.6 is 22.7 Å². The van der Waals surface area contributed by atoms with Gasteiger partial charge in [-0.25, -0.2) is 18.1 Å². The number of thiazole rings is 1. The molecule has 0 saturated carbocycles. The van der Waals surface area contributed by atoms with Gasteiger partial charge in [0, 0.05) is 30.0 Å². The summed E-state index contributed by atoms with van der Waals surface area (Å²) in [5.74, 6) is 0.366. The van der Waals surface area contributed by atoms with E-state index < -0.39 is 10.0 Å². The molecule has 0 amide bonds. The van der Waals surface area contributed by atoms with Crippen molar-refractivity contribution < 1.29 is 8.42 Å². The van der Waals surface area contributed by atoms with Gasteiger partial charge in [0.1, 0.15) is 0 Å². The predicted octanol–water partition coefficient (Wildman–Crippen LogP) is 2.02. The number of aromatic nitrogens is 2. The molecule has 9 heteroatoms. The van der Waals surface area contributed by atoms with Gasteiger partial charge in [-0.3, -0.25) is 4.40 Å². The summed E-state index contributed by atoms with van der Waals surface area (Å²) in [5.41, 5.74) is 0. The Bertz CT molecular complexity index is 833. The zero-order chi connectivity index (χ0) is 14.9. The molecule has 0 bridgehead atoms. The van der Waals surface area contributed by atoms with Crippen LogP contribution in [0.3, 0.4) is 0 Å². The molecule has 0 spiro atoms. The van der Waals surface area contributed by atoms with Gasteiger partial charge in [0.05, 0.1) is 0 Å². The fraction of sp³-hybridized carbons (Fsp3) is 0.250. The fourth-order valence-electron chi connectivity index (χ4n) is 2.02. The maximum absolute atomic E-state index is 12.5. The highest BCUT2D eigenvalue weighted by atomic mass is 32.2. The number of fused-ring (bicyclic) bond motifs is 1. The van der Waals surface area contributed by atoms with Crippen LogP contribution in [0.1, 0.15) is 4.88 Å². The van der Waals surface area contributed by atoms with Crippen LogP contribution < -0.4 is 10.0 Å². The number of hydrogen-bond donors (Lipinski definition) is 2. The third-order valence-corrected chi connectivity index (χ3v) is 6.13. The summed E-state index contributed by atoms with van der Waals surface area (Å²) in [6.45, 7) is 0.364. The van der Waals surface area contributed by atoms with Gasteiger partial charge >= 0.3 is 0 Å². The molecule has 112 valence electrons. The molecule has 0 aromatic carbocycles. The molecule has 3 rings (SSSR count). The Morgan fingerprint density at radius 1 is 1.33 bits per heavy atom. The topological polar surface area (TPSA) is 75.5 Å². The van der Waals surface area contributed by atoms with E-state index in [0.29, 0.717) is 23.7 Å². The van der Waals surface area contributed by atoms with E-state index in [-0.39, 0.29) is 5.03 Å². The van der Waals surface area contributed by atoms with Crippen LogP contribution in [0.15, 0.2) is 34.1 Å². The lowest BCUT2D eigenvalue weighted by molar-refractivity contribution is 0.577. The highest BCUT2D eigenvalue weighted by Crippen LogP contribution is 2.25. The summed E-state index contributed by atoms with van der Waals surface area (Å²) in [5, 5.41) is 6.79. The van der Waals surface area contributed by atoms with Gasteiger partial charge in [0.25, 0.3) is 10.0 Å². The number of nitrogens with zero attached hydrogens (tertiary/aromatic N) is 2. The highest BCUT2D eigenvalue weighted by molar-refractivity contribution is 7.89. The Hall–Kier alpha value is -1.42. The predicted molar refractivity (Wildman–Crippen MR) is 85.8 cm³/mol. The lowest BCUT2D eigenvalue weighted by atomic mass is 10.3. The molecule has 6 nitrogen and oxygen atoms in total. The average molecular weight is 342 g/mol. The third-order valence-electron chi connectivity index (χ3n) is 2.95. The lowest BCUT2D eigenvalue weighted by Crippen LogP contribution is -2.27. The molecule has 0 fully saturated rings. The Kier molecular flexibility index (Phi) is 3.98. The zero-order valence-corrected chi connectivity index (χ0v) is 13.7. The minimum absolute atomic E-state index is 0.160. The highest BCUT2D eigenvalue weighted by Gasteiger charge is 2.25. The molecule has 0 unspecified atom stereocenters. The Morgan fingerprint density at radius 2 is 2.19 bits per heavy atom. The van der Waals surface area contributed by atoms with Crippen molar-refractivity contribution in [2.45, 2.75) is 11.4 Å². The van der Waals surface area contributed by atoms with Gasteiger partial charge in [0.15, 0.2) is 15.8 Å².